The van der Waals surface area contributed by atoms with E-state index in [-0.39, 0.29) is 0 Å². The van der Waals surface area contributed by atoms with Crippen LogP contribution in [0.25, 0.3) is 22.7 Å². The summed E-state index contributed by atoms with van der Waals surface area (Å²) >= 11 is 1.44. The molecule has 98 valence electrons. The van der Waals surface area contributed by atoms with Crippen LogP contribution in [0, 0.1) is 0 Å². The molecule has 0 aliphatic heterocycles. The minimum absolute atomic E-state index is 0.302. The van der Waals surface area contributed by atoms with E-state index in [0.29, 0.717) is 29.2 Å². The largest absolute Gasteiger partial charge is 0.331 e. The maximum Gasteiger partial charge on any atom is 0.330 e. The fourth-order valence-corrected chi connectivity index (χ4v) is 2.46. The fraction of sp³-hybridized carbons (Fsp3) is 0.273. The number of H-pyrrole nitrogens is 2. The van der Waals surface area contributed by atoms with E-state index in [0.717, 1.165) is 6.42 Å². The van der Waals surface area contributed by atoms with Crippen LogP contribution in [0.15, 0.2) is 20.5 Å². The molecule has 2 N–H and O–H groups in total. The molecule has 7 nitrogen and oxygen atoms in total. The van der Waals surface area contributed by atoms with Crippen molar-refractivity contribution in [2.45, 2.75) is 19.9 Å². The lowest BCUT2D eigenvalue weighted by Crippen LogP contribution is -2.30. The van der Waals surface area contributed by atoms with E-state index in [9.17, 15) is 9.59 Å². The zero-order valence-electron chi connectivity index (χ0n) is 10.1. The van der Waals surface area contributed by atoms with E-state index in [1.807, 2.05) is 12.3 Å². The molecular weight excluding hydrogens is 266 g/mol. The molecule has 0 amide bonds. The van der Waals surface area contributed by atoms with Crippen molar-refractivity contribution >= 4 is 22.5 Å². The van der Waals surface area contributed by atoms with E-state index in [1.54, 1.807) is 5.51 Å². The van der Waals surface area contributed by atoms with Crippen LogP contribution >= 0.6 is 11.3 Å². The first-order valence-electron chi connectivity index (χ1n) is 5.82. The summed E-state index contributed by atoms with van der Waals surface area (Å²) in [6, 6.07) is 0. The van der Waals surface area contributed by atoms with Gasteiger partial charge in [-0.1, -0.05) is 6.92 Å². The molecule has 0 atom stereocenters. The van der Waals surface area contributed by atoms with Crippen molar-refractivity contribution in [1.82, 2.24) is 24.5 Å². The highest BCUT2D eigenvalue weighted by molar-refractivity contribution is 7.07. The molecule has 0 radical (unpaired) electrons. The van der Waals surface area contributed by atoms with Crippen LogP contribution in [0.5, 0.6) is 0 Å². The van der Waals surface area contributed by atoms with Crippen molar-refractivity contribution in [3.8, 4) is 11.5 Å². The predicted octanol–water partition coefficient (Wildman–Crippen LogP) is 0.946. The summed E-state index contributed by atoms with van der Waals surface area (Å²) < 4.78 is 1.46. The Hall–Kier alpha value is -2.22. The summed E-state index contributed by atoms with van der Waals surface area (Å²) in [4.78, 5) is 37.2. The van der Waals surface area contributed by atoms with Gasteiger partial charge in [0.1, 0.15) is 11.2 Å². The number of aromatic nitrogens is 5. The molecule has 3 aromatic heterocycles. The number of aromatic amines is 2. The lowest BCUT2D eigenvalue weighted by Gasteiger charge is -2.02. The summed E-state index contributed by atoms with van der Waals surface area (Å²) in [5, 5.41) is 1.83. The van der Waals surface area contributed by atoms with E-state index < -0.39 is 11.2 Å². The SMILES string of the molecule is CCCn1c(=O)[nH]c(=O)c2[nH]c(-c3cscn3)nc21. The molecule has 8 heteroatoms. The van der Waals surface area contributed by atoms with Crippen molar-refractivity contribution in [3.63, 3.8) is 0 Å². The lowest BCUT2D eigenvalue weighted by molar-refractivity contribution is 0.653. The van der Waals surface area contributed by atoms with Crippen LogP contribution in [0.1, 0.15) is 13.3 Å². The van der Waals surface area contributed by atoms with Gasteiger partial charge in [0.05, 0.1) is 5.51 Å². The minimum Gasteiger partial charge on any atom is -0.331 e. The first-order valence-corrected chi connectivity index (χ1v) is 6.76. The molecule has 0 aliphatic rings. The fourth-order valence-electron chi connectivity index (χ4n) is 1.92. The monoisotopic (exact) mass is 277 g/mol. The number of nitrogens with zero attached hydrogens (tertiary/aromatic N) is 3. The number of imidazole rings is 1. The van der Waals surface area contributed by atoms with Gasteiger partial charge in [-0.2, -0.15) is 0 Å². The second-order valence-electron chi connectivity index (χ2n) is 4.07. The first-order chi connectivity index (χ1) is 9.20. The molecule has 0 bridgehead atoms. The van der Waals surface area contributed by atoms with E-state index in [1.165, 1.54) is 15.9 Å². The van der Waals surface area contributed by atoms with Crippen LogP contribution in [0.2, 0.25) is 0 Å². The molecule has 19 heavy (non-hydrogen) atoms. The molecule has 0 unspecified atom stereocenters. The third-order valence-corrected chi connectivity index (χ3v) is 3.34. The Morgan fingerprint density at radius 1 is 1.37 bits per heavy atom. The summed E-state index contributed by atoms with van der Waals surface area (Å²) in [5.41, 5.74) is 2.13. The summed E-state index contributed by atoms with van der Waals surface area (Å²) in [6.45, 7) is 2.46. The van der Waals surface area contributed by atoms with Crippen molar-refractivity contribution < 1.29 is 0 Å². The zero-order valence-corrected chi connectivity index (χ0v) is 11.0. The maximum absolute atomic E-state index is 11.8. The molecule has 0 saturated heterocycles. The van der Waals surface area contributed by atoms with Gasteiger partial charge in [-0.25, -0.2) is 14.8 Å². The van der Waals surface area contributed by atoms with Crippen LogP contribution in [0.3, 0.4) is 0 Å². The van der Waals surface area contributed by atoms with Crippen LogP contribution < -0.4 is 11.2 Å². The molecule has 3 aromatic rings. The molecular formula is C11H11N5O2S. The predicted molar refractivity (Wildman–Crippen MR) is 72.4 cm³/mol. The van der Waals surface area contributed by atoms with Gasteiger partial charge in [0.15, 0.2) is 11.5 Å². The van der Waals surface area contributed by atoms with Gasteiger partial charge in [0.2, 0.25) is 0 Å². The molecule has 0 aliphatic carbocycles. The van der Waals surface area contributed by atoms with Crippen molar-refractivity contribution in [1.29, 1.82) is 0 Å². The maximum atomic E-state index is 11.8. The molecule has 0 saturated carbocycles. The number of rotatable bonds is 3. The van der Waals surface area contributed by atoms with Gasteiger partial charge in [-0.15, -0.1) is 11.3 Å². The normalized spacial score (nSPS) is 11.2. The molecule has 3 rings (SSSR count). The summed E-state index contributed by atoms with van der Waals surface area (Å²) in [6.07, 6.45) is 0.778. The van der Waals surface area contributed by atoms with E-state index in [4.69, 9.17) is 0 Å². The van der Waals surface area contributed by atoms with Gasteiger partial charge in [-0.05, 0) is 6.42 Å². The second-order valence-corrected chi connectivity index (χ2v) is 4.79. The topological polar surface area (TPSA) is 96.4 Å². The van der Waals surface area contributed by atoms with Gasteiger partial charge < -0.3 is 4.98 Å². The van der Waals surface area contributed by atoms with E-state index >= 15 is 0 Å². The van der Waals surface area contributed by atoms with Gasteiger partial charge >= 0.3 is 5.69 Å². The Balaban J connectivity index is 2.32. The summed E-state index contributed by atoms with van der Waals surface area (Å²) in [5.74, 6) is 0.497. The Morgan fingerprint density at radius 3 is 2.89 bits per heavy atom. The van der Waals surface area contributed by atoms with Gasteiger partial charge in [-0.3, -0.25) is 14.3 Å². The number of nitrogens with one attached hydrogen (secondary N) is 2. The number of hydrogen-bond acceptors (Lipinski definition) is 5. The highest BCUT2D eigenvalue weighted by Gasteiger charge is 2.14. The third-order valence-electron chi connectivity index (χ3n) is 2.76. The van der Waals surface area contributed by atoms with Crippen LogP contribution in [0.4, 0.5) is 0 Å². The Labute approximate surface area is 111 Å². The quantitative estimate of drug-likeness (QED) is 0.744. The Kier molecular flexibility index (Phi) is 2.79. The van der Waals surface area contributed by atoms with Crippen LogP contribution in [-0.4, -0.2) is 24.5 Å². The summed E-state index contributed by atoms with van der Waals surface area (Å²) in [7, 11) is 0. The van der Waals surface area contributed by atoms with Crippen molar-refractivity contribution in [2.75, 3.05) is 0 Å². The average Bonchev–Trinajstić information content (AvgIpc) is 3.02. The molecule has 0 aromatic carbocycles. The molecule has 0 spiro atoms. The number of thiazole rings is 1. The zero-order chi connectivity index (χ0) is 13.4. The number of hydrogen-bond donors (Lipinski definition) is 2. The second kappa shape index (κ2) is 4.47. The van der Waals surface area contributed by atoms with Crippen LogP contribution in [-0.2, 0) is 6.54 Å². The highest BCUT2D eigenvalue weighted by Crippen LogP contribution is 2.17. The van der Waals surface area contributed by atoms with Crippen molar-refractivity contribution in [2.24, 2.45) is 0 Å². The van der Waals surface area contributed by atoms with E-state index in [2.05, 4.69) is 19.9 Å². The first kappa shape index (κ1) is 11.8. The average molecular weight is 277 g/mol. The molecule has 3 heterocycles. The van der Waals surface area contributed by atoms with Gasteiger partial charge in [0.25, 0.3) is 5.56 Å². The Bertz CT molecular complexity index is 827. The van der Waals surface area contributed by atoms with Gasteiger partial charge in [0, 0.05) is 11.9 Å². The number of aryl methyl sites for hydroxylation is 1. The Morgan fingerprint density at radius 2 is 2.21 bits per heavy atom. The third kappa shape index (κ3) is 1.89. The van der Waals surface area contributed by atoms with Crippen molar-refractivity contribution in [3.05, 3.63) is 31.7 Å². The number of fused-ring (bicyclic) bond motifs is 1. The minimum atomic E-state index is -0.457. The lowest BCUT2D eigenvalue weighted by atomic mass is 10.4. The molecule has 0 fully saturated rings. The standard InChI is InChI=1S/C11H11N5O2S/c1-2-3-16-9-7(10(17)15-11(16)18)13-8(14-9)6-4-19-5-12-6/h4-5H,2-3H2,1H3,(H,13,14)(H,15,17,18). The highest BCUT2D eigenvalue weighted by atomic mass is 32.1. The smallest absolute Gasteiger partial charge is 0.330 e.